The molecule has 1 atom stereocenters. The van der Waals surface area contributed by atoms with E-state index < -0.39 is 0 Å². The second-order valence-corrected chi connectivity index (χ2v) is 7.47. The number of benzene rings is 1. The van der Waals surface area contributed by atoms with Gasteiger partial charge in [-0.2, -0.15) is 0 Å². The molecule has 0 spiro atoms. The molecule has 0 amide bonds. The highest BCUT2D eigenvalue weighted by atomic mass is 15.3. The molecule has 21 heavy (non-hydrogen) atoms. The van der Waals surface area contributed by atoms with E-state index in [2.05, 4.69) is 70.7 Å². The normalized spacial score (nSPS) is 15.2. The summed E-state index contributed by atoms with van der Waals surface area (Å²) in [4.78, 5) is 2.42. The van der Waals surface area contributed by atoms with Gasteiger partial charge in [0, 0.05) is 6.42 Å². The molecule has 0 radical (unpaired) electrons. The van der Waals surface area contributed by atoms with Crippen molar-refractivity contribution in [2.24, 2.45) is 5.73 Å². The van der Waals surface area contributed by atoms with Crippen LogP contribution in [0.15, 0.2) is 24.3 Å². The first-order valence-electron chi connectivity index (χ1n) is 8.34. The van der Waals surface area contributed by atoms with E-state index in [9.17, 15) is 0 Å². The van der Waals surface area contributed by atoms with Crippen LogP contribution < -0.4 is 5.73 Å². The summed E-state index contributed by atoms with van der Waals surface area (Å²) in [6, 6.07) is 8.97. The van der Waals surface area contributed by atoms with Crippen molar-refractivity contribution < 1.29 is 0 Å². The molecule has 1 unspecified atom stereocenters. The predicted octanol–water partition coefficient (Wildman–Crippen LogP) is 4.32. The third-order valence-corrected chi connectivity index (χ3v) is 4.09. The fourth-order valence-corrected chi connectivity index (χ4v) is 2.81. The summed E-state index contributed by atoms with van der Waals surface area (Å²) in [5.74, 6) is 0. The minimum atomic E-state index is -0.269. The smallest absolute Gasteiger partial charge is 0.0699 e. The van der Waals surface area contributed by atoms with E-state index in [0.29, 0.717) is 0 Å². The molecule has 0 aromatic heterocycles. The Morgan fingerprint density at radius 2 is 1.38 bits per heavy atom. The lowest BCUT2D eigenvalue weighted by atomic mass is 9.86. The number of hydrogen-bond acceptors (Lipinski definition) is 2. The van der Waals surface area contributed by atoms with Crippen LogP contribution in [0.5, 0.6) is 0 Å². The fourth-order valence-electron chi connectivity index (χ4n) is 2.81. The maximum absolute atomic E-state index is 6.61. The van der Waals surface area contributed by atoms with Crippen LogP contribution in [0.25, 0.3) is 0 Å². The maximum Gasteiger partial charge on any atom is 0.0699 e. The minimum absolute atomic E-state index is 0.209. The van der Waals surface area contributed by atoms with Gasteiger partial charge in [0.2, 0.25) is 0 Å². The molecule has 2 N–H and O–H groups in total. The van der Waals surface area contributed by atoms with Crippen molar-refractivity contribution >= 4 is 0 Å². The molecule has 2 nitrogen and oxygen atoms in total. The van der Waals surface area contributed by atoms with Gasteiger partial charge in [0.25, 0.3) is 0 Å². The predicted molar refractivity (Wildman–Crippen MR) is 93.6 cm³/mol. The fraction of sp³-hybridized carbons (Fsp3) is 0.684. The summed E-state index contributed by atoms with van der Waals surface area (Å²) < 4.78 is 0. The van der Waals surface area contributed by atoms with E-state index >= 15 is 0 Å². The second-order valence-electron chi connectivity index (χ2n) is 7.47. The summed E-state index contributed by atoms with van der Waals surface area (Å²) in [5.41, 5.74) is 9.26. The third kappa shape index (κ3) is 5.44. The van der Waals surface area contributed by atoms with Crippen molar-refractivity contribution in [3.63, 3.8) is 0 Å². The first kappa shape index (κ1) is 18.2. The topological polar surface area (TPSA) is 29.3 Å². The molecule has 0 aliphatic rings. The van der Waals surface area contributed by atoms with Crippen molar-refractivity contribution in [2.45, 2.75) is 71.9 Å². The van der Waals surface area contributed by atoms with Gasteiger partial charge < -0.3 is 5.73 Å². The van der Waals surface area contributed by atoms with Crippen LogP contribution in [-0.2, 0) is 11.8 Å². The monoisotopic (exact) mass is 290 g/mol. The molecule has 120 valence electrons. The highest BCUT2D eigenvalue weighted by Gasteiger charge is 2.26. The molecule has 0 saturated carbocycles. The number of rotatable bonds is 7. The van der Waals surface area contributed by atoms with Crippen LogP contribution in [-0.4, -0.2) is 23.7 Å². The van der Waals surface area contributed by atoms with Gasteiger partial charge >= 0.3 is 0 Å². The molecule has 1 aromatic carbocycles. The average molecular weight is 290 g/mol. The molecule has 0 bridgehead atoms. The average Bonchev–Trinajstić information content (AvgIpc) is 2.37. The summed E-state index contributed by atoms with van der Waals surface area (Å²) in [5, 5.41) is 0. The van der Waals surface area contributed by atoms with Crippen LogP contribution >= 0.6 is 0 Å². The van der Waals surface area contributed by atoms with E-state index in [0.717, 1.165) is 32.4 Å². The van der Waals surface area contributed by atoms with Gasteiger partial charge in [0.1, 0.15) is 0 Å². The van der Waals surface area contributed by atoms with E-state index in [4.69, 9.17) is 5.73 Å². The number of nitrogens with two attached hydrogens (primary N) is 1. The Labute approximate surface area is 131 Å². The molecule has 0 aliphatic heterocycles. The van der Waals surface area contributed by atoms with Crippen LogP contribution in [0, 0.1) is 0 Å². The molecule has 0 aliphatic carbocycles. The number of nitrogens with zero attached hydrogens (tertiary/aromatic N) is 1. The van der Waals surface area contributed by atoms with Gasteiger partial charge in [0.05, 0.1) is 5.66 Å². The van der Waals surface area contributed by atoms with Gasteiger partial charge in [-0.25, -0.2) is 0 Å². The standard InChI is InChI=1S/C19H34N2/c1-7-13-21(14-8-2)19(6,20)15-16-9-11-17(12-10-16)18(3,4)5/h9-12H,7-8,13-15,20H2,1-6H3. The van der Waals surface area contributed by atoms with Crippen LogP contribution in [0.1, 0.15) is 65.5 Å². The van der Waals surface area contributed by atoms with Gasteiger partial charge in [-0.3, -0.25) is 4.90 Å². The molecule has 0 heterocycles. The van der Waals surface area contributed by atoms with Crippen molar-refractivity contribution in [3.05, 3.63) is 35.4 Å². The Balaban J connectivity index is 2.82. The highest BCUT2D eigenvalue weighted by Crippen LogP contribution is 2.24. The molecule has 1 aromatic rings. The van der Waals surface area contributed by atoms with Crippen molar-refractivity contribution in [1.82, 2.24) is 4.90 Å². The Kier molecular flexibility index (Phi) is 6.42. The van der Waals surface area contributed by atoms with Gasteiger partial charge in [-0.15, -0.1) is 0 Å². The summed E-state index contributed by atoms with van der Waals surface area (Å²) in [7, 11) is 0. The van der Waals surface area contributed by atoms with Crippen LogP contribution in [0.3, 0.4) is 0 Å². The Hall–Kier alpha value is -0.860. The zero-order valence-corrected chi connectivity index (χ0v) is 14.9. The number of hydrogen-bond donors (Lipinski definition) is 1. The minimum Gasteiger partial charge on any atom is -0.313 e. The molecular weight excluding hydrogens is 256 g/mol. The zero-order chi connectivity index (χ0) is 16.1. The van der Waals surface area contributed by atoms with E-state index in [1.54, 1.807) is 0 Å². The van der Waals surface area contributed by atoms with E-state index in [1.807, 2.05) is 0 Å². The van der Waals surface area contributed by atoms with Crippen molar-refractivity contribution in [2.75, 3.05) is 13.1 Å². The van der Waals surface area contributed by atoms with E-state index in [1.165, 1.54) is 11.1 Å². The van der Waals surface area contributed by atoms with Crippen LogP contribution in [0.2, 0.25) is 0 Å². The lowest BCUT2D eigenvalue weighted by molar-refractivity contribution is 0.108. The lowest BCUT2D eigenvalue weighted by Gasteiger charge is -2.38. The molecular formula is C19H34N2. The maximum atomic E-state index is 6.61. The van der Waals surface area contributed by atoms with Gasteiger partial charge in [0.15, 0.2) is 0 Å². The van der Waals surface area contributed by atoms with Gasteiger partial charge in [-0.05, 0) is 49.4 Å². The second kappa shape index (κ2) is 7.42. The van der Waals surface area contributed by atoms with Gasteiger partial charge in [-0.1, -0.05) is 58.9 Å². The Bertz CT molecular complexity index is 406. The molecule has 0 saturated heterocycles. The van der Waals surface area contributed by atoms with E-state index in [-0.39, 0.29) is 11.1 Å². The Morgan fingerprint density at radius 3 is 1.76 bits per heavy atom. The first-order valence-corrected chi connectivity index (χ1v) is 8.34. The summed E-state index contributed by atoms with van der Waals surface area (Å²) in [6.45, 7) is 15.5. The third-order valence-electron chi connectivity index (χ3n) is 4.09. The molecule has 2 heteroatoms. The molecule has 1 rings (SSSR count). The summed E-state index contributed by atoms with van der Waals surface area (Å²) >= 11 is 0. The summed E-state index contributed by atoms with van der Waals surface area (Å²) in [6.07, 6.45) is 3.20. The van der Waals surface area contributed by atoms with Crippen LogP contribution in [0.4, 0.5) is 0 Å². The Morgan fingerprint density at radius 1 is 0.905 bits per heavy atom. The zero-order valence-electron chi connectivity index (χ0n) is 14.9. The van der Waals surface area contributed by atoms with Crippen molar-refractivity contribution in [1.29, 1.82) is 0 Å². The highest BCUT2D eigenvalue weighted by molar-refractivity contribution is 5.28. The SMILES string of the molecule is CCCN(CCC)C(C)(N)Cc1ccc(C(C)(C)C)cc1. The molecule has 0 fully saturated rings. The quantitative estimate of drug-likeness (QED) is 0.758. The largest absolute Gasteiger partial charge is 0.313 e. The lowest BCUT2D eigenvalue weighted by Crippen LogP contribution is -2.55. The first-order chi connectivity index (χ1) is 9.70. The van der Waals surface area contributed by atoms with Crippen molar-refractivity contribution in [3.8, 4) is 0 Å².